The number of anilines is 1. The summed E-state index contributed by atoms with van der Waals surface area (Å²) >= 11 is 6.19. The van der Waals surface area contributed by atoms with Gasteiger partial charge in [-0.2, -0.15) is 0 Å². The van der Waals surface area contributed by atoms with E-state index < -0.39 is 39.5 Å². The van der Waals surface area contributed by atoms with Crippen molar-refractivity contribution in [3.63, 3.8) is 0 Å². The van der Waals surface area contributed by atoms with Gasteiger partial charge < -0.3 is 5.11 Å². The van der Waals surface area contributed by atoms with Crippen LogP contribution in [0.15, 0.2) is 65.6 Å². The molecule has 1 heterocycles. The Hall–Kier alpha value is -2.81. The van der Waals surface area contributed by atoms with Gasteiger partial charge in [-0.25, -0.2) is 21.6 Å². The van der Waals surface area contributed by atoms with E-state index in [0.717, 1.165) is 10.4 Å². The minimum atomic E-state index is -4.31. The van der Waals surface area contributed by atoms with Crippen LogP contribution >= 0.6 is 11.6 Å². The first-order chi connectivity index (χ1) is 16.8. The molecule has 0 aromatic heterocycles. The van der Waals surface area contributed by atoms with Crippen molar-refractivity contribution in [1.82, 2.24) is 0 Å². The minimum Gasteiger partial charge on any atom is -0.391 e. The van der Waals surface area contributed by atoms with E-state index in [-0.39, 0.29) is 21.9 Å². The van der Waals surface area contributed by atoms with Crippen LogP contribution < -0.4 is 4.31 Å². The van der Waals surface area contributed by atoms with Crippen LogP contribution in [0.5, 0.6) is 0 Å². The van der Waals surface area contributed by atoms with Crippen molar-refractivity contribution in [2.24, 2.45) is 0 Å². The van der Waals surface area contributed by atoms with Crippen molar-refractivity contribution in [3.05, 3.63) is 93.8 Å². The first-order valence-corrected chi connectivity index (χ1v) is 13.1. The van der Waals surface area contributed by atoms with Crippen molar-refractivity contribution in [2.45, 2.75) is 50.2 Å². The molecule has 3 aromatic rings. The van der Waals surface area contributed by atoms with Gasteiger partial charge in [0.25, 0.3) is 15.9 Å². The van der Waals surface area contributed by atoms with Crippen LogP contribution in [-0.2, 0) is 22.4 Å². The number of benzene rings is 3. The van der Waals surface area contributed by atoms with E-state index in [1.165, 1.54) is 30.3 Å². The van der Waals surface area contributed by atoms with Crippen LogP contribution in [0.4, 0.5) is 18.9 Å². The van der Waals surface area contributed by atoms with Crippen molar-refractivity contribution in [2.75, 3.05) is 4.31 Å². The first kappa shape index (κ1) is 26.3. The second kappa shape index (κ2) is 9.57. The summed E-state index contributed by atoms with van der Waals surface area (Å²) in [5.41, 5.74) is 1.84. The van der Waals surface area contributed by atoms with Crippen LogP contribution in [0, 0.1) is 5.82 Å². The zero-order valence-electron chi connectivity index (χ0n) is 19.8. The summed E-state index contributed by atoms with van der Waals surface area (Å²) in [6, 6.07) is 13.3. The van der Waals surface area contributed by atoms with Gasteiger partial charge in [-0.15, -0.1) is 0 Å². The molecule has 0 aliphatic carbocycles. The molecular weight excluding hydrogens is 511 g/mol. The molecule has 36 heavy (non-hydrogen) atoms. The monoisotopic (exact) mass is 535 g/mol. The number of aliphatic hydroxyl groups is 1. The second-order valence-corrected chi connectivity index (χ2v) is 11.3. The predicted octanol–water partition coefficient (Wildman–Crippen LogP) is 6.65. The summed E-state index contributed by atoms with van der Waals surface area (Å²) in [5, 5.41) is 10.9. The predicted molar refractivity (Wildman–Crippen MR) is 136 cm³/mol. The molecule has 0 saturated heterocycles. The highest BCUT2D eigenvalue weighted by Crippen LogP contribution is 2.38. The van der Waals surface area contributed by atoms with E-state index in [4.69, 9.17) is 11.6 Å². The molecule has 1 aliphatic rings. The van der Waals surface area contributed by atoms with Crippen LogP contribution in [0.1, 0.15) is 43.0 Å². The number of hydrogen-bond acceptors (Lipinski definition) is 3. The number of aliphatic hydroxyl groups excluding tert-OH is 1. The highest BCUT2D eigenvalue weighted by molar-refractivity contribution is 7.92. The smallest absolute Gasteiger partial charge is 0.270 e. The maximum Gasteiger partial charge on any atom is 0.270 e. The summed E-state index contributed by atoms with van der Waals surface area (Å²) in [7, 11) is -4.31. The molecule has 0 saturated carbocycles. The Morgan fingerprint density at radius 2 is 1.83 bits per heavy atom. The molecule has 0 radical (unpaired) electrons. The zero-order valence-corrected chi connectivity index (χ0v) is 21.4. The lowest BCUT2D eigenvalue weighted by molar-refractivity contribution is 0.0172. The number of halogens is 4. The van der Waals surface area contributed by atoms with Crippen molar-refractivity contribution >= 4 is 39.0 Å². The number of alkyl halides is 2. The van der Waals surface area contributed by atoms with Gasteiger partial charge in [-0.05, 0) is 60.9 Å². The zero-order chi connectivity index (χ0) is 26.4. The molecule has 3 aromatic carbocycles. The van der Waals surface area contributed by atoms with Gasteiger partial charge in [0.1, 0.15) is 5.82 Å². The summed E-state index contributed by atoms with van der Waals surface area (Å²) in [6.07, 6.45) is 0.907. The minimum absolute atomic E-state index is 0.220. The number of fused-ring (bicyclic) bond motifs is 1. The summed E-state index contributed by atoms with van der Waals surface area (Å²) in [6.45, 7) is 3.96. The second-order valence-electron chi connectivity index (χ2n) is 9.04. The average molecular weight is 536 g/mol. The van der Waals surface area contributed by atoms with E-state index in [2.05, 4.69) is 0 Å². The van der Waals surface area contributed by atoms with Crippen molar-refractivity contribution in [1.29, 1.82) is 0 Å². The van der Waals surface area contributed by atoms with Crippen LogP contribution in [0.2, 0.25) is 5.02 Å². The lowest BCUT2D eigenvalue weighted by atomic mass is 9.94. The normalized spacial score (nSPS) is 18.8. The molecule has 9 heteroatoms. The fraction of sp³-hybridized carbons (Fsp3) is 0.259. The molecule has 2 unspecified atom stereocenters. The van der Waals surface area contributed by atoms with Gasteiger partial charge in [0, 0.05) is 24.5 Å². The maximum absolute atomic E-state index is 14.4. The molecule has 2 atom stereocenters. The van der Waals surface area contributed by atoms with E-state index in [1.807, 2.05) is 0 Å². The Balaban J connectivity index is 1.83. The molecule has 0 bridgehead atoms. The van der Waals surface area contributed by atoms with Crippen LogP contribution in [0.3, 0.4) is 0 Å². The van der Waals surface area contributed by atoms with Crippen molar-refractivity contribution < 1.29 is 26.7 Å². The molecule has 0 spiro atoms. The quantitative estimate of drug-likeness (QED) is 0.372. The van der Waals surface area contributed by atoms with Gasteiger partial charge in [-0.1, -0.05) is 48.0 Å². The highest BCUT2D eigenvalue weighted by Gasteiger charge is 2.39. The summed E-state index contributed by atoms with van der Waals surface area (Å²) < 4.78 is 70.8. The fourth-order valence-corrected chi connectivity index (χ4v) is 6.48. The number of nitrogens with zero attached hydrogens (tertiary/aromatic N) is 1. The van der Waals surface area contributed by atoms with E-state index in [9.17, 15) is 26.7 Å². The lowest BCUT2D eigenvalue weighted by Crippen LogP contribution is -2.49. The number of hydrogen-bond donors (Lipinski definition) is 1. The van der Waals surface area contributed by atoms with E-state index >= 15 is 0 Å². The lowest BCUT2D eigenvalue weighted by Gasteiger charge is -2.39. The molecule has 1 aliphatic heterocycles. The van der Waals surface area contributed by atoms with Crippen LogP contribution in [-0.4, -0.2) is 25.7 Å². The largest absolute Gasteiger partial charge is 0.391 e. The fourth-order valence-electron chi connectivity index (χ4n) is 4.41. The molecule has 0 fully saturated rings. The molecule has 1 N–H and O–H groups in total. The third kappa shape index (κ3) is 4.90. The van der Waals surface area contributed by atoms with Gasteiger partial charge in [0.15, 0.2) is 0 Å². The van der Waals surface area contributed by atoms with Gasteiger partial charge >= 0.3 is 0 Å². The van der Waals surface area contributed by atoms with Gasteiger partial charge in [0.05, 0.1) is 27.8 Å². The Kier molecular flexibility index (Phi) is 6.98. The number of allylic oxidation sites excluding steroid dienone is 1. The molecule has 190 valence electrons. The SMILES string of the molecule is CC(=Cc1ccc2c(c1)N(S(=O)(=O)c1cccc(C(C)(F)F)c1)C(C)C(O)C2)c1c(F)cccc1Cl. The number of rotatable bonds is 5. The number of sulfonamides is 1. The van der Waals surface area contributed by atoms with E-state index in [0.29, 0.717) is 29.3 Å². The standard InChI is InChI=1S/C27H25ClF3NO3S/c1-16(26-22(28)8-5-9-23(26)29)12-18-10-11-19-14-25(33)17(2)32(24(19)13-18)36(34,35)21-7-4-6-20(15-21)27(3,30)31/h4-13,15,17,25,33H,14H2,1-3H3. The van der Waals surface area contributed by atoms with Gasteiger partial charge in [-0.3, -0.25) is 4.31 Å². The molecular formula is C27H25ClF3NO3S. The Morgan fingerprint density at radius 1 is 1.14 bits per heavy atom. The summed E-state index contributed by atoms with van der Waals surface area (Å²) in [5.74, 6) is -3.71. The highest BCUT2D eigenvalue weighted by atomic mass is 35.5. The first-order valence-electron chi connectivity index (χ1n) is 11.3. The third-order valence-electron chi connectivity index (χ3n) is 6.34. The molecule has 0 amide bonds. The topological polar surface area (TPSA) is 57.6 Å². The molecule has 4 rings (SSSR count). The van der Waals surface area contributed by atoms with Gasteiger partial charge in [0.2, 0.25) is 0 Å². The van der Waals surface area contributed by atoms with Crippen molar-refractivity contribution in [3.8, 4) is 0 Å². The molecule has 4 nitrogen and oxygen atoms in total. The van der Waals surface area contributed by atoms with Crippen LogP contribution in [0.25, 0.3) is 11.6 Å². The average Bonchev–Trinajstić information content (AvgIpc) is 2.79. The summed E-state index contributed by atoms with van der Waals surface area (Å²) in [4.78, 5) is -0.302. The van der Waals surface area contributed by atoms with E-state index in [1.54, 1.807) is 44.2 Å². The Morgan fingerprint density at radius 3 is 2.50 bits per heavy atom. The Bertz CT molecular complexity index is 1430. The maximum atomic E-state index is 14.4. The Labute approximate surface area is 213 Å². The third-order valence-corrected chi connectivity index (χ3v) is 8.55.